The lowest BCUT2D eigenvalue weighted by atomic mass is 10.0. The smallest absolute Gasteiger partial charge is 0.306 e. The zero-order chi connectivity index (χ0) is 12.8. The van der Waals surface area contributed by atoms with Gasteiger partial charge < -0.3 is 16.2 Å². The lowest BCUT2D eigenvalue weighted by molar-refractivity contribution is -0.141. The largest absolute Gasteiger partial charge is 0.481 e. The number of carboxylic acids is 1. The van der Waals surface area contributed by atoms with Crippen LogP contribution in [0.3, 0.4) is 0 Å². The predicted octanol–water partition coefficient (Wildman–Crippen LogP) is 0.731. The number of rotatable bonds is 7. The summed E-state index contributed by atoms with van der Waals surface area (Å²) in [5.74, 6) is -1.24. The average molecular weight is 230 g/mol. The van der Waals surface area contributed by atoms with Crippen LogP contribution in [0.15, 0.2) is 0 Å². The van der Waals surface area contributed by atoms with Gasteiger partial charge in [-0.25, -0.2) is 0 Å². The molecule has 0 aliphatic carbocycles. The van der Waals surface area contributed by atoms with E-state index in [1.165, 1.54) is 0 Å². The van der Waals surface area contributed by atoms with Crippen molar-refractivity contribution in [3.05, 3.63) is 0 Å². The van der Waals surface area contributed by atoms with Crippen LogP contribution in [0.1, 0.15) is 40.0 Å². The van der Waals surface area contributed by atoms with Gasteiger partial charge in [-0.3, -0.25) is 9.59 Å². The van der Waals surface area contributed by atoms with Crippen LogP contribution in [-0.4, -0.2) is 29.1 Å². The van der Waals surface area contributed by atoms with E-state index in [0.717, 1.165) is 0 Å². The number of carbonyl (C=O) groups is 2. The van der Waals surface area contributed by atoms with Gasteiger partial charge in [0.15, 0.2) is 0 Å². The van der Waals surface area contributed by atoms with E-state index < -0.39 is 11.5 Å². The van der Waals surface area contributed by atoms with E-state index in [2.05, 4.69) is 5.32 Å². The molecule has 0 saturated carbocycles. The van der Waals surface area contributed by atoms with E-state index in [1.807, 2.05) is 0 Å². The molecule has 0 saturated heterocycles. The molecule has 0 fully saturated rings. The first kappa shape index (κ1) is 14.9. The average Bonchev–Trinajstić information content (AvgIpc) is 2.08. The molecule has 0 rings (SSSR count). The molecule has 16 heavy (non-hydrogen) atoms. The van der Waals surface area contributed by atoms with Crippen molar-refractivity contribution in [1.82, 2.24) is 5.32 Å². The van der Waals surface area contributed by atoms with Gasteiger partial charge in [-0.05, 0) is 26.7 Å². The highest BCUT2D eigenvalue weighted by Crippen LogP contribution is 2.05. The first-order valence-electron chi connectivity index (χ1n) is 5.51. The van der Waals surface area contributed by atoms with Crippen molar-refractivity contribution in [3.63, 3.8) is 0 Å². The molecular weight excluding hydrogens is 208 g/mol. The molecule has 0 radical (unpaired) electrons. The Balaban J connectivity index is 3.60. The van der Waals surface area contributed by atoms with Crippen LogP contribution in [0, 0.1) is 5.92 Å². The zero-order valence-electron chi connectivity index (χ0n) is 10.2. The van der Waals surface area contributed by atoms with Crippen LogP contribution in [0.4, 0.5) is 0 Å². The Bertz CT molecular complexity index is 246. The second kappa shape index (κ2) is 6.48. The van der Waals surface area contributed by atoms with Gasteiger partial charge >= 0.3 is 5.97 Å². The monoisotopic (exact) mass is 230 g/mol. The minimum absolute atomic E-state index is 0.0875. The molecule has 1 unspecified atom stereocenters. The summed E-state index contributed by atoms with van der Waals surface area (Å²) >= 11 is 0. The van der Waals surface area contributed by atoms with E-state index in [9.17, 15) is 9.59 Å². The summed E-state index contributed by atoms with van der Waals surface area (Å²) in [6.07, 6.45) is 1.52. The SMILES string of the molecule is CC(CCCNC(=O)CC(C)(C)N)C(=O)O. The van der Waals surface area contributed by atoms with Crippen LogP contribution in [0.5, 0.6) is 0 Å². The van der Waals surface area contributed by atoms with Gasteiger partial charge in [0, 0.05) is 18.5 Å². The third kappa shape index (κ3) is 8.23. The molecule has 94 valence electrons. The highest BCUT2D eigenvalue weighted by Gasteiger charge is 2.16. The van der Waals surface area contributed by atoms with Crippen LogP contribution in [0.2, 0.25) is 0 Å². The summed E-state index contributed by atoms with van der Waals surface area (Å²) in [5.41, 5.74) is 5.19. The van der Waals surface area contributed by atoms with Crippen molar-refractivity contribution >= 4 is 11.9 Å². The molecule has 0 aromatic heterocycles. The summed E-state index contributed by atoms with van der Waals surface area (Å²) in [4.78, 5) is 21.8. The van der Waals surface area contributed by atoms with Gasteiger partial charge in [-0.15, -0.1) is 0 Å². The maximum Gasteiger partial charge on any atom is 0.306 e. The van der Waals surface area contributed by atoms with Crippen molar-refractivity contribution in [2.45, 2.75) is 45.6 Å². The second-order valence-corrected chi connectivity index (χ2v) is 4.90. The van der Waals surface area contributed by atoms with E-state index in [4.69, 9.17) is 10.8 Å². The highest BCUT2D eigenvalue weighted by atomic mass is 16.4. The molecule has 0 aliphatic heterocycles. The zero-order valence-corrected chi connectivity index (χ0v) is 10.2. The molecule has 0 heterocycles. The number of nitrogens with two attached hydrogens (primary N) is 1. The normalized spacial score (nSPS) is 13.2. The lowest BCUT2D eigenvalue weighted by Gasteiger charge is -2.17. The van der Waals surface area contributed by atoms with Gasteiger partial charge in [0.1, 0.15) is 0 Å². The van der Waals surface area contributed by atoms with Crippen molar-refractivity contribution in [1.29, 1.82) is 0 Å². The van der Waals surface area contributed by atoms with Crippen LogP contribution in [-0.2, 0) is 9.59 Å². The summed E-state index contributed by atoms with van der Waals surface area (Å²) in [7, 11) is 0. The number of aliphatic carboxylic acids is 1. The molecule has 0 bridgehead atoms. The summed E-state index contributed by atoms with van der Waals surface area (Å²) < 4.78 is 0. The number of carbonyl (C=O) groups excluding carboxylic acids is 1. The molecule has 1 atom stereocenters. The Hall–Kier alpha value is -1.10. The maximum absolute atomic E-state index is 11.3. The fourth-order valence-electron chi connectivity index (χ4n) is 1.24. The molecular formula is C11H22N2O3. The second-order valence-electron chi connectivity index (χ2n) is 4.90. The standard InChI is InChI=1S/C11H22N2O3/c1-8(10(15)16)5-4-6-13-9(14)7-11(2,3)12/h8H,4-7,12H2,1-3H3,(H,13,14)(H,15,16). The molecule has 5 heteroatoms. The number of amides is 1. The molecule has 5 nitrogen and oxygen atoms in total. The third-order valence-corrected chi connectivity index (χ3v) is 2.17. The molecule has 0 aromatic carbocycles. The molecule has 0 spiro atoms. The van der Waals surface area contributed by atoms with E-state index in [-0.39, 0.29) is 18.2 Å². The molecule has 4 N–H and O–H groups in total. The van der Waals surface area contributed by atoms with E-state index in [1.54, 1.807) is 20.8 Å². The van der Waals surface area contributed by atoms with Gasteiger partial charge in [0.05, 0.1) is 5.92 Å². The minimum atomic E-state index is -0.797. The Kier molecular flexibility index (Phi) is 6.03. The Morgan fingerprint density at radius 3 is 2.44 bits per heavy atom. The van der Waals surface area contributed by atoms with Crippen molar-refractivity contribution in [2.24, 2.45) is 11.7 Å². The minimum Gasteiger partial charge on any atom is -0.481 e. The molecule has 0 aliphatic rings. The Morgan fingerprint density at radius 1 is 1.44 bits per heavy atom. The van der Waals surface area contributed by atoms with Crippen LogP contribution >= 0.6 is 0 Å². The topological polar surface area (TPSA) is 92.4 Å². The Labute approximate surface area is 96.4 Å². The van der Waals surface area contributed by atoms with Crippen molar-refractivity contribution in [3.8, 4) is 0 Å². The molecule has 1 amide bonds. The number of nitrogens with one attached hydrogen (secondary N) is 1. The highest BCUT2D eigenvalue weighted by molar-refractivity contribution is 5.77. The lowest BCUT2D eigenvalue weighted by Crippen LogP contribution is -2.39. The van der Waals surface area contributed by atoms with Gasteiger partial charge in [0.25, 0.3) is 0 Å². The summed E-state index contributed by atoms with van der Waals surface area (Å²) in [5, 5.41) is 11.4. The molecule has 0 aromatic rings. The van der Waals surface area contributed by atoms with Crippen molar-refractivity contribution < 1.29 is 14.7 Å². The summed E-state index contributed by atoms with van der Waals surface area (Å²) in [6.45, 7) is 5.75. The van der Waals surface area contributed by atoms with E-state index >= 15 is 0 Å². The maximum atomic E-state index is 11.3. The quantitative estimate of drug-likeness (QED) is 0.562. The fraction of sp³-hybridized carbons (Fsp3) is 0.818. The Morgan fingerprint density at radius 2 is 2.00 bits per heavy atom. The van der Waals surface area contributed by atoms with Crippen molar-refractivity contribution in [2.75, 3.05) is 6.54 Å². The van der Waals surface area contributed by atoms with E-state index in [0.29, 0.717) is 19.4 Å². The first-order chi connectivity index (χ1) is 7.22. The van der Waals surface area contributed by atoms with Crippen LogP contribution in [0.25, 0.3) is 0 Å². The number of hydrogen-bond donors (Lipinski definition) is 3. The van der Waals surface area contributed by atoms with Crippen LogP contribution < -0.4 is 11.1 Å². The third-order valence-electron chi connectivity index (χ3n) is 2.17. The number of hydrogen-bond acceptors (Lipinski definition) is 3. The number of carboxylic acid groups (broad SMARTS) is 1. The van der Waals surface area contributed by atoms with Gasteiger partial charge in [-0.2, -0.15) is 0 Å². The predicted molar refractivity (Wildman–Crippen MR) is 61.9 cm³/mol. The fourth-order valence-corrected chi connectivity index (χ4v) is 1.24. The van der Waals surface area contributed by atoms with Gasteiger partial charge in [0.2, 0.25) is 5.91 Å². The first-order valence-corrected chi connectivity index (χ1v) is 5.51. The summed E-state index contributed by atoms with van der Waals surface area (Å²) in [6, 6.07) is 0. The van der Waals surface area contributed by atoms with Gasteiger partial charge in [-0.1, -0.05) is 6.92 Å².